The monoisotopic (exact) mass is 442 g/mol. The first-order chi connectivity index (χ1) is 15.0. The lowest BCUT2D eigenvalue weighted by Crippen LogP contribution is -2.63. The molecule has 2 fully saturated rings. The molecule has 166 valence electrons. The molecule has 1 aliphatic heterocycles. The van der Waals surface area contributed by atoms with E-state index in [9.17, 15) is 13.2 Å². The minimum atomic E-state index is -3.93. The molecule has 0 aromatic heterocycles. The van der Waals surface area contributed by atoms with Crippen molar-refractivity contribution in [2.24, 2.45) is 5.92 Å². The molecule has 2 aromatic rings. The van der Waals surface area contributed by atoms with E-state index in [0.29, 0.717) is 18.6 Å². The van der Waals surface area contributed by atoms with Crippen molar-refractivity contribution in [1.82, 2.24) is 10.6 Å². The van der Waals surface area contributed by atoms with Crippen molar-refractivity contribution in [2.45, 2.75) is 54.7 Å². The van der Waals surface area contributed by atoms with Crippen molar-refractivity contribution in [3.63, 3.8) is 0 Å². The van der Waals surface area contributed by atoms with Crippen molar-refractivity contribution >= 4 is 15.7 Å². The van der Waals surface area contributed by atoms with E-state index >= 15 is 0 Å². The van der Waals surface area contributed by atoms with Crippen LogP contribution in [0.1, 0.15) is 44.9 Å². The van der Waals surface area contributed by atoms with Crippen LogP contribution in [0.3, 0.4) is 0 Å². The molecule has 1 aliphatic carbocycles. The van der Waals surface area contributed by atoms with Gasteiger partial charge >= 0.3 is 0 Å². The van der Waals surface area contributed by atoms with Crippen LogP contribution < -0.4 is 15.4 Å². The number of amides is 1. The van der Waals surface area contributed by atoms with Gasteiger partial charge in [-0.15, -0.1) is 0 Å². The van der Waals surface area contributed by atoms with Gasteiger partial charge in [-0.25, -0.2) is 8.42 Å². The molecular formula is C24H30N2O4S. The second kappa shape index (κ2) is 9.40. The second-order valence-corrected chi connectivity index (χ2v) is 10.7. The fourth-order valence-electron chi connectivity index (χ4n) is 4.55. The Hall–Kier alpha value is -2.38. The van der Waals surface area contributed by atoms with Gasteiger partial charge in [0.25, 0.3) is 0 Å². The van der Waals surface area contributed by atoms with E-state index in [1.807, 2.05) is 18.2 Å². The molecule has 31 heavy (non-hydrogen) atoms. The maximum absolute atomic E-state index is 14.0. The van der Waals surface area contributed by atoms with Crippen molar-refractivity contribution in [1.29, 1.82) is 0 Å². The Kier molecular flexibility index (Phi) is 6.62. The average Bonchev–Trinajstić information content (AvgIpc) is 2.81. The van der Waals surface area contributed by atoms with Crippen molar-refractivity contribution < 1.29 is 17.9 Å². The highest BCUT2D eigenvalue weighted by atomic mass is 32.2. The summed E-state index contributed by atoms with van der Waals surface area (Å²) in [6.07, 6.45) is 5.87. The molecule has 0 bridgehead atoms. The average molecular weight is 443 g/mol. The van der Waals surface area contributed by atoms with Crippen LogP contribution in [0.25, 0.3) is 0 Å². The SMILES string of the molecule is O=C(N[C@]1(S(=O)(=O)c2ccccc2Oc2ccccc2)CCCNC1)C1CCCCC1. The maximum atomic E-state index is 14.0. The summed E-state index contributed by atoms with van der Waals surface area (Å²) in [6.45, 7) is 0.923. The molecule has 1 amide bonds. The zero-order valence-electron chi connectivity index (χ0n) is 17.7. The minimum Gasteiger partial charge on any atom is -0.456 e. The van der Waals surface area contributed by atoms with E-state index in [4.69, 9.17) is 4.74 Å². The number of para-hydroxylation sites is 2. The quantitative estimate of drug-likeness (QED) is 0.706. The summed E-state index contributed by atoms with van der Waals surface area (Å²) in [6, 6.07) is 15.8. The third-order valence-corrected chi connectivity index (χ3v) is 8.69. The fraction of sp³-hybridized carbons (Fsp3) is 0.458. The van der Waals surface area contributed by atoms with Crippen LogP contribution in [0, 0.1) is 5.92 Å². The van der Waals surface area contributed by atoms with E-state index in [0.717, 1.165) is 38.6 Å². The Morgan fingerprint density at radius 3 is 2.39 bits per heavy atom. The lowest BCUT2D eigenvalue weighted by Gasteiger charge is -2.39. The summed E-state index contributed by atoms with van der Waals surface area (Å²) in [4.78, 5) is 11.8. The van der Waals surface area contributed by atoms with Crippen LogP contribution in [0.4, 0.5) is 0 Å². The number of hydrogen-bond acceptors (Lipinski definition) is 5. The minimum absolute atomic E-state index is 0.103. The predicted molar refractivity (Wildman–Crippen MR) is 120 cm³/mol. The van der Waals surface area contributed by atoms with Gasteiger partial charge in [0.05, 0.1) is 0 Å². The highest BCUT2D eigenvalue weighted by molar-refractivity contribution is 7.93. The fourth-order valence-corrected chi connectivity index (χ4v) is 6.55. The third kappa shape index (κ3) is 4.62. The van der Waals surface area contributed by atoms with Crippen LogP contribution in [0.2, 0.25) is 0 Å². The molecule has 4 rings (SSSR count). The van der Waals surface area contributed by atoms with Gasteiger partial charge in [-0.05, 0) is 56.5 Å². The van der Waals surface area contributed by atoms with Gasteiger partial charge < -0.3 is 15.4 Å². The number of rotatable bonds is 6. The summed E-state index contributed by atoms with van der Waals surface area (Å²) < 4.78 is 33.9. The second-order valence-electron chi connectivity index (χ2n) is 8.46. The van der Waals surface area contributed by atoms with Gasteiger partial charge in [0, 0.05) is 12.5 Å². The molecule has 1 heterocycles. The number of benzene rings is 2. The first kappa shape index (κ1) is 21.8. The molecule has 2 aliphatic rings. The van der Waals surface area contributed by atoms with Gasteiger partial charge in [0.2, 0.25) is 15.7 Å². The lowest BCUT2D eigenvalue weighted by atomic mass is 9.88. The van der Waals surface area contributed by atoms with Gasteiger partial charge in [-0.2, -0.15) is 0 Å². The molecule has 2 aromatic carbocycles. The van der Waals surface area contributed by atoms with Gasteiger partial charge in [0.15, 0.2) is 4.87 Å². The molecule has 1 atom stereocenters. The first-order valence-corrected chi connectivity index (χ1v) is 12.6. The molecule has 0 spiro atoms. The number of piperidine rings is 1. The van der Waals surface area contributed by atoms with E-state index < -0.39 is 14.7 Å². The van der Waals surface area contributed by atoms with Gasteiger partial charge in [-0.3, -0.25) is 4.79 Å². The van der Waals surface area contributed by atoms with E-state index in [-0.39, 0.29) is 29.0 Å². The lowest BCUT2D eigenvalue weighted by molar-refractivity contribution is -0.127. The highest BCUT2D eigenvalue weighted by Gasteiger charge is 2.48. The Morgan fingerprint density at radius 1 is 0.968 bits per heavy atom. The van der Waals surface area contributed by atoms with Crippen LogP contribution in [0.15, 0.2) is 59.5 Å². The van der Waals surface area contributed by atoms with Crippen molar-refractivity contribution in [3.05, 3.63) is 54.6 Å². The van der Waals surface area contributed by atoms with Crippen LogP contribution in [0.5, 0.6) is 11.5 Å². The van der Waals surface area contributed by atoms with Gasteiger partial charge in [0.1, 0.15) is 16.4 Å². The van der Waals surface area contributed by atoms with Gasteiger partial charge in [-0.1, -0.05) is 49.6 Å². The van der Waals surface area contributed by atoms with Crippen LogP contribution >= 0.6 is 0 Å². The molecular weight excluding hydrogens is 412 g/mol. The number of hydrogen-bond donors (Lipinski definition) is 2. The number of ether oxygens (including phenoxy) is 1. The summed E-state index contributed by atoms with van der Waals surface area (Å²) >= 11 is 0. The number of nitrogens with one attached hydrogen (secondary N) is 2. The molecule has 7 heteroatoms. The topological polar surface area (TPSA) is 84.5 Å². The predicted octanol–water partition coefficient (Wildman–Crippen LogP) is 4.03. The van der Waals surface area contributed by atoms with Crippen molar-refractivity contribution in [2.75, 3.05) is 13.1 Å². The van der Waals surface area contributed by atoms with Crippen molar-refractivity contribution in [3.8, 4) is 11.5 Å². The summed E-state index contributed by atoms with van der Waals surface area (Å²) in [5.41, 5.74) is 0. The Balaban J connectivity index is 1.68. The summed E-state index contributed by atoms with van der Waals surface area (Å²) in [5.74, 6) is 0.574. The number of carbonyl (C=O) groups is 1. The van der Waals surface area contributed by atoms with E-state index in [1.54, 1.807) is 36.4 Å². The molecule has 1 saturated carbocycles. The Bertz CT molecular complexity index is 995. The maximum Gasteiger partial charge on any atom is 0.224 e. The normalized spacial score (nSPS) is 22.6. The zero-order chi connectivity index (χ0) is 21.7. The largest absolute Gasteiger partial charge is 0.456 e. The number of carbonyl (C=O) groups excluding carboxylic acids is 1. The standard InChI is InChI=1S/C24H30N2O4S/c27-23(19-10-3-1-4-11-19)26-24(16-9-17-25-18-24)31(28,29)22-15-8-7-14-21(22)30-20-12-5-2-6-13-20/h2,5-8,12-15,19,25H,1,3-4,9-11,16-18H2,(H,26,27)/t24-/m0/s1. The Labute approximate surface area is 184 Å². The molecule has 1 saturated heterocycles. The number of sulfone groups is 1. The van der Waals surface area contributed by atoms with E-state index in [2.05, 4.69) is 10.6 Å². The van der Waals surface area contributed by atoms with Crippen LogP contribution in [-0.4, -0.2) is 32.3 Å². The smallest absolute Gasteiger partial charge is 0.224 e. The first-order valence-electron chi connectivity index (χ1n) is 11.1. The van der Waals surface area contributed by atoms with Crippen LogP contribution in [-0.2, 0) is 14.6 Å². The molecule has 0 radical (unpaired) electrons. The summed E-state index contributed by atoms with van der Waals surface area (Å²) in [5, 5.41) is 6.18. The summed E-state index contributed by atoms with van der Waals surface area (Å²) in [7, 11) is -3.93. The molecule has 0 unspecified atom stereocenters. The van der Waals surface area contributed by atoms with E-state index in [1.165, 1.54) is 0 Å². The Morgan fingerprint density at radius 2 is 1.68 bits per heavy atom. The molecule has 6 nitrogen and oxygen atoms in total. The molecule has 2 N–H and O–H groups in total. The third-order valence-electron chi connectivity index (χ3n) is 6.30. The zero-order valence-corrected chi connectivity index (χ0v) is 18.5. The highest BCUT2D eigenvalue weighted by Crippen LogP contribution is 2.37.